The summed E-state index contributed by atoms with van der Waals surface area (Å²) < 4.78 is 6.16. The molecule has 0 saturated heterocycles. The zero-order valence-electron chi connectivity index (χ0n) is 9.77. The number of benzene rings is 1. The summed E-state index contributed by atoms with van der Waals surface area (Å²) in [5.41, 5.74) is 0. The summed E-state index contributed by atoms with van der Waals surface area (Å²) in [7, 11) is 0. The number of nitrogens with zero attached hydrogens (tertiary/aromatic N) is 1. The third-order valence-corrected chi connectivity index (χ3v) is 2.87. The van der Waals surface area contributed by atoms with E-state index in [1.165, 1.54) is 0 Å². The normalized spacial score (nSPS) is 10.0. The minimum atomic E-state index is -0.283. The topological polar surface area (TPSA) is 51.2 Å². The van der Waals surface area contributed by atoms with Crippen LogP contribution in [0.2, 0.25) is 5.02 Å². The predicted molar refractivity (Wildman–Crippen MR) is 77.5 cm³/mol. The number of hydrogen-bond acceptors (Lipinski definition) is 3. The summed E-state index contributed by atoms with van der Waals surface area (Å²) in [4.78, 5) is 15.7. The van der Waals surface area contributed by atoms with Crippen molar-refractivity contribution in [1.29, 1.82) is 0 Å². The van der Waals surface area contributed by atoms with Crippen molar-refractivity contribution in [2.75, 3.05) is 11.9 Å². The van der Waals surface area contributed by atoms with Crippen LogP contribution in [0, 0.1) is 0 Å². The second-order valence-corrected chi connectivity index (χ2v) is 5.01. The van der Waals surface area contributed by atoms with E-state index in [0.29, 0.717) is 16.6 Å². The molecule has 1 amide bonds. The molecular weight excluding hydrogens is 332 g/mol. The third-order valence-electron chi connectivity index (χ3n) is 2.16. The number of hydrogen-bond donors (Lipinski definition) is 1. The highest BCUT2D eigenvalue weighted by molar-refractivity contribution is 9.10. The Kier molecular flexibility index (Phi) is 4.76. The van der Waals surface area contributed by atoms with Crippen LogP contribution in [0.5, 0.6) is 5.75 Å². The van der Waals surface area contributed by atoms with Crippen molar-refractivity contribution in [3.63, 3.8) is 0 Å². The lowest BCUT2D eigenvalue weighted by molar-refractivity contribution is -0.118. The number of carbonyl (C=O) groups is 1. The zero-order valence-corrected chi connectivity index (χ0v) is 12.1. The Hall–Kier alpha value is -1.59. The predicted octanol–water partition coefficient (Wildman–Crippen LogP) is 3.52. The molecule has 1 aromatic heterocycles. The van der Waals surface area contributed by atoms with Gasteiger partial charge in [-0.3, -0.25) is 4.79 Å². The van der Waals surface area contributed by atoms with Crippen LogP contribution in [0.3, 0.4) is 0 Å². The molecule has 4 nitrogen and oxygen atoms in total. The number of amides is 1. The quantitative estimate of drug-likeness (QED) is 0.926. The van der Waals surface area contributed by atoms with Gasteiger partial charge in [-0.05, 0) is 46.3 Å². The zero-order chi connectivity index (χ0) is 13.7. The molecule has 0 spiro atoms. The lowest BCUT2D eigenvalue weighted by atomic mass is 10.3. The van der Waals surface area contributed by atoms with Crippen LogP contribution in [0.15, 0.2) is 47.1 Å². The maximum absolute atomic E-state index is 11.6. The number of ether oxygens (including phenoxy) is 1. The molecule has 19 heavy (non-hydrogen) atoms. The molecule has 1 aromatic carbocycles. The monoisotopic (exact) mass is 340 g/mol. The maximum Gasteiger partial charge on any atom is 0.263 e. The average molecular weight is 342 g/mol. The molecule has 2 rings (SSSR count). The van der Waals surface area contributed by atoms with E-state index in [1.54, 1.807) is 42.6 Å². The summed E-state index contributed by atoms with van der Waals surface area (Å²) in [6.45, 7) is -0.0991. The van der Waals surface area contributed by atoms with Gasteiger partial charge in [-0.2, -0.15) is 0 Å². The molecule has 0 unspecified atom stereocenters. The van der Waals surface area contributed by atoms with Crippen LogP contribution in [0.25, 0.3) is 0 Å². The summed E-state index contributed by atoms with van der Waals surface area (Å²) in [5, 5.41) is 3.19. The fourth-order valence-electron chi connectivity index (χ4n) is 1.33. The molecular formula is C13H10BrClN2O2. The second-order valence-electron chi connectivity index (χ2n) is 3.66. The summed E-state index contributed by atoms with van der Waals surface area (Å²) in [5.74, 6) is 0.740. The Labute approximate surface area is 123 Å². The highest BCUT2D eigenvalue weighted by Gasteiger charge is 2.04. The van der Waals surface area contributed by atoms with E-state index in [9.17, 15) is 4.79 Å². The number of anilines is 1. The first-order valence-corrected chi connectivity index (χ1v) is 6.60. The highest BCUT2D eigenvalue weighted by Crippen LogP contribution is 2.17. The summed E-state index contributed by atoms with van der Waals surface area (Å²) in [6.07, 6.45) is 1.60. The third kappa shape index (κ3) is 4.54. The molecule has 0 aliphatic rings. The van der Waals surface area contributed by atoms with Crippen molar-refractivity contribution in [2.24, 2.45) is 0 Å². The van der Waals surface area contributed by atoms with Crippen LogP contribution in [0.1, 0.15) is 0 Å². The summed E-state index contributed by atoms with van der Waals surface area (Å²) in [6, 6.07) is 10.4. The number of rotatable bonds is 4. The molecule has 1 N–H and O–H groups in total. The minimum Gasteiger partial charge on any atom is -0.484 e. The number of aromatic nitrogens is 1. The minimum absolute atomic E-state index is 0.0991. The van der Waals surface area contributed by atoms with E-state index >= 15 is 0 Å². The lowest BCUT2D eigenvalue weighted by Gasteiger charge is -2.07. The van der Waals surface area contributed by atoms with Gasteiger partial charge in [0.2, 0.25) is 0 Å². The van der Waals surface area contributed by atoms with Crippen molar-refractivity contribution in [1.82, 2.24) is 4.98 Å². The molecule has 0 atom stereocenters. The van der Waals surface area contributed by atoms with Gasteiger partial charge >= 0.3 is 0 Å². The van der Waals surface area contributed by atoms with Crippen LogP contribution < -0.4 is 10.1 Å². The lowest BCUT2D eigenvalue weighted by Crippen LogP contribution is -2.20. The fraction of sp³-hybridized carbons (Fsp3) is 0.0769. The van der Waals surface area contributed by atoms with Crippen LogP contribution in [0.4, 0.5) is 5.82 Å². The van der Waals surface area contributed by atoms with Gasteiger partial charge in [-0.1, -0.05) is 17.7 Å². The van der Waals surface area contributed by atoms with Gasteiger partial charge in [0, 0.05) is 15.7 Å². The SMILES string of the molecule is O=C(COc1cccc(Cl)c1)Nc1ccc(Br)cn1. The maximum atomic E-state index is 11.6. The van der Waals surface area contributed by atoms with E-state index in [4.69, 9.17) is 16.3 Å². The molecule has 0 bridgehead atoms. The molecule has 0 aliphatic heterocycles. The Morgan fingerprint density at radius 3 is 2.89 bits per heavy atom. The first-order chi connectivity index (χ1) is 9.13. The van der Waals surface area contributed by atoms with Crippen molar-refractivity contribution in [3.8, 4) is 5.75 Å². The fourth-order valence-corrected chi connectivity index (χ4v) is 1.75. The molecule has 98 valence electrons. The molecule has 0 saturated carbocycles. The van der Waals surface area contributed by atoms with E-state index in [-0.39, 0.29) is 12.5 Å². The van der Waals surface area contributed by atoms with E-state index in [2.05, 4.69) is 26.2 Å². The standard InChI is InChI=1S/C13H10BrClN2O2/c14-9-4-5-12(16-7-9)17-13(18)8-19-11-3-1-2-10(15)6-11/h1-7H,8H2,(H,16,17,18). The van der Waals surface area contributed by atoms with Gasteiger partial charge in [-0.15, -0.1) is 0 Å². The van der Waals surface area contributed by atoms with Crippen LogP contribution in [-0.4, -0.2) is 17.5 Å². The first kappa shape index (κ1) is 13.8. The van der Waals surface area contributed by atoms with Crippen molar-refractivity contribution in [2.45, 2.75) is 0 Å². The Balaban J connectivity index is 1.86. The Bertz CT molecular complexity index is 575. The molecule has 0 aliphatic carbocycles. The van der Waals surface area contributed by atoms with Crippen molar-refractivity contribution >= 4 is 39.3 Å². The number of halogens is 2. The van der Waals surface area contributed by atoms with Gasteiger partial charge in [0.15, 0.2) is 6.61 Å². The van der Waals surface area contributed by atoms with E-state index in [1.807, 2.05) is 0 Å². The molecule has 6 heteroatoms. The molecule has 0 radical (unpaired) electrons. The second kappa shape index (κ2) is 6.54. The highest BCUT2D eigenvalue weighted by atomic mass is 79.9. The van der Waals surface area contributed by atoms with Gasteiger partial charge in [0.25, 0.3) is 5.91 Å². The Morgan fingerprint density at radius 1 is 1.37 bits per heavy atom. The molecule has 2 aromatic rings. The van der Waals surface area contributed by atoms with Gasteiger partial charge < -0.3 is 10.1 Å². The Morgan fingerprint density at radius 2 is 2.21 bits per heavy atom. The summed E-state index contributed by atoms with van der Waals surface area (Å²) >= 11 is 9.08. The van der Waals surface area contributed by atoms with E-state index in [0.717, 1.165) is 4.47 Å². The number of carbonyl (C=O) groups excluding carboxylic acids is 1. The number of pyridine rings is 1. The largest absolute Gasteiger partial charge is 0.484 e. The smallest absolute Gasteiger partial charge is 0.263 e. The van der Waals surface area contributed by atoms with Crippen LogP contribution >= 0.6 is 27.5 Å². The van der Waals surface area contributed by atoms with Crippen LogP contribution in [-0.2, 0) is 4.79 Å². The van der Waals surface area contributed by atoms with Gasteiger partial charge in [-0.25, -0.2) is 4.98 Å². The first-order valence-electron chi connectivity index (χ1n) is 5.43. The van der Waals surface area contributed by atoms with Crippen molar-refractivity contribution < 1.29 is 9.53 Å². The van der Waals surface area contributed by atoms with E-state index < -0.39 is 0 Å². The number of nitrogens with one attached hydrogen (secondary N) is 1. The molecule has 1 heterocycles. The van der Waals surface area contributed by atoms with Gasteiger partial charge in [0.05, 0.1) is 0 Å². The average Bonchev–Trinajstić information content (AvgIpc) is 2.39. The van der Waals surface area contributed by atoms with Gasteiger partial charge in [0.1, 0.15) is 11.6 Å². The molecule has 0 fully saturated rings. The van der Waals surface area contributed by atoms with Crippen molar-refractivity contribution in [3.05, 3.63) is 52.1 Å².